The standard InChI is InChI=1S/C13H19F2NO/c1-3-9-16-11(4-2)10-7-5-6-8-12(10)17-13(14)15/h5-8,11,13,16H,3-4,9H2,1-2H3. The van der Waals surface area contributed by atoms with Crippen molar-refractivity contribution in [1.82, 2.24) is 5.32 Å². The van der Waals surface area contributed by atoms with Crippen molar-refractivity contribution in [1.29, 1.82) is 0 Å². The van der Waals surface area contributed by atoms with Crippen LogP contribution < -0.4 is 10.1 Å². The average molecular weight is 243 g/mol. The summed E-state index contributed by atoms with van der Waals surface area (Å²) in [6, 6.07) is 7.01. The summed E-state index contributed by atoms with van der Waals surface area (Å²) in [6.07, 6.45) is 1.85. The number of benzene rings is 1. The summed E-state index contributed by atoms with van der Waals surface area (Å²) in [6.45, 7) is 2.18. The van der Waals surface area contributed by atoms with E-state index in [9.17, 15) is 8.78 Å². The van der Waals surface area contributed by atoms with Crippen LogP contribution in [0, 0.1) is 0 Å². The van der Waals surface area contributed by atoms with Crippen LogP contribution in [-0.2, 0) is 0 Å². The Bertz CT molecular complexity index is 331. The molecule has 0 amide bonds. The second-order valence-electron chi connectivity index (χ2n) is 3.83. The van der Waals surface area contributed by atoms with Crippen LogP contribution in [0.2, 0.25) is 0 Å². The first-order valence-corrected chi connectivity index (χ1v) is 5.96. The Balaban J connectivity index is 2.85. The van der Waals surface area contributed by atoms with Gasteiger partial charge in [0.2, 0.25) is 0 Å². The summed E-state index contributed by atoms with van der Waals surface area (Å²) in [4.78, 5) is 0. The van der Waals surface area contributed by atoms with Crippen LogP contribution in [0.15, 0.2) is 24.3 Å². The number of nitrogens with one attached hydrogen (secondary N) is 1. The van der Waals surface area contributed by atoms with Crippen molar-refractivity contribution < 1.29 is 13.5 Å². The molecule has 1 aromatic rings. The third-order valence-electron chi connectivity index (χ3n) is 2.56. The molecule has 0 aliphatic carbocycles. The second-order valence-corrected chi connectivity index (χ2v) is 3.83. The van der Waals surface area contributed by atoms with Crippen molar-refractivity contribution >= 4 is 0 Å². The minimum Gasteiger partial charge on any atom is -0.434 e. The van der Waals surface area contributed by atoms with Gasteiger partial charge in [-0.2, -0.15) is 8.78 Å². The number of para-hydroxylation sites is 1. The Morgan fingerprint density at radius 3 is 2.53 bits per heavy atom. The third-order valence-corrected chi connectivity index (χ3v) is 2.56. The lowest BCUT2D eigenvalue weighted by Gasteiger charge is -2.20. The van der Waals surface area contributed by atoms with E-state index in [-0.39, 0.29) is 11.8 Å². The molecule has 1 N–H and O–H groups in total. The van der Waals surface area contributed by atoms with Crippen LogP contribution in [0.1, 0.15) is 38.3 Å². The molecule has 0 aliphatic rings. The highest BCUT2D eigenvalue weighted by molar-refractivity contribution is 5.35. The maximum atomic E-state index is 12.3. The summed E-state index contributed by atoms with van der Waals surface area (Å²) >= 11 is 0. The largest absolute Gasteiger partial charge is 0.434 e. The van der Waals surface area contributed by atoms with Gasteiger partial charge in [-0.25, -0.2) is 0 Å². The molecule has 1 rings (SSSR count). The summed E-state index contributed by atoms with van der Waals surface area (Å²) in [5.41, 5.74) is 0.795. The first-order chi connectivity index (χ1) is 8.19. The van der Waals surface area contributed by atoms with Crippen LogP contribution in [-0.4, -0.2) is 13.2 Å². The van der Waals surface area contributed by atoms with E-state index >= 15 is 0 Å². The smallest absolute Gasteiger partial charge is 0.387 e. The maximum absolute atomic E-state index is 12.3. The molecule has 1 atom stereocenters. The van der Waals surface area contributed by atoms with E-state index < -0.39 is 6.61 Å². The minimum absolute atomic E-state index is 0.0601. The molecule has 1 unspecified atom stereocenters. The Labute approximate surface area is 101 Å². The van der Waals surface area contributed by atoms with Gasteiger partial charge in [0.1, 0.15) is 5.75 Å². The van der Waals surface area contributed by atoms with Gasteiger partial charge >= 0.3 is 6.61 Å². The minimum atomic E-state index is -2.78. The maximum Gasteiger partial charge on any atom is 0.387 e. The van der Waals surface area contributed by atoms with Crippen LogP contribution in [0.25, 0.3) is 0 Å². The molecule has 0 aromatic heterocycles. The Kier molecular flexibility index (Phi) is 5.91. The summed E-state index contributed by atoms with van der Waals surface area (Å²) in [7, 11) is 0. The number of hydrogen-bond donors (Lipinski definition) is 1. The fourth-order valence-corrected chi connectivity index (χ4v) is 1.76. The van der Waals surface area contributed by atoms with E-state index in [0.717, 1.165) is 24.9 Å². The summed E-state index contributed by atoms with van der Waals surface area (Å²) in [5.74, 6) is 0.262. The summed E-state index contributed by atoms with van der Waals surface area (Å²) in [5, 5.41) is 3.32. The van der Waals surface area contributed by atoms with Gasteiger partial charge in [-0.3, -0.25) is 0 Å². The lowest BCUT2D eigenvalue weighted by Crippen LogP contribution is -2.22. The number of rotatable bonds is 7. The first kappa shape index (κ1) is 13.9. The number of alkyl halides is 2. The first-order valence-electron chi connectivity index (χ1n) is 5.96. The Morgan fingerprint density at radius 1 is 1.24 bits per heavy atom. The van der Waals surface area contributed by atoms with Crippen LogP contribution in [0.3, 0.4) is 0 Å². The lowest BCUT2D eigenvalue weighted by atomic mass is 10.0. The highest BCUT2D eigenvalue weighted by Crippen LogP contribution is 2.28. The van der Waals surface area contributed by atoms with Crippen molar-refractivity contribution in [2.75, 3.05) is 6.54 Å². The summed E-state index contributed by atoms with van der Waals surface area (Å²) < 4.78 is 29.1. The molecule has 0 spiro atoms. The van der Waals surface area contributed by atoms with Crippen LogP contribution in [0.5, 0.6) is 5.75 Å². The fraction of sp³-hybridized carbons (Fsp3) is 0.538. The molecule has 17 heavy (non-hydrogen) atoms. The molecule has 96 valence electrons. The Hall–Kier alpha value is -1.16. The van der Waals surface area contributed by atoms with Crippen LogP contribution in [0.4, 0.5) is 8.78 Å². The zero-order chi connectivity index (χ0) is 12.7. The average Bonchev–Trinajstić information content (AvgIpc) is 2.31. The zero-order valence-electron chi connectivity index (χ0n) is 10.2. The van der Waals surface area contributed by atoms with Gasteiger partial charge in [0.05, 0.1) is 0 Å². The Morgan fingerprint density at radius 2 is 1.94 bits per heavy atom. The van der Waals surface area contributed by atoms with Crippen molar-refractivity contribution in [3.05, 3.63) is 29.8 Å². The molecule has 0 bridgehead atoms. The van der Waals surface area contributed by atoms with Gasteiger partial charge in [0, 0.05) is 11.6 Å². The van der Waals surface area contributed by atoms with Gasteiger partial charge in [-0.1, -0.05) is 32.0 Å². The normalized spacial score (nSPS) is 12.8. The van der Waals surface area contributed by atoms with Crippen LogP contribution >= 0.6 is 0 Å². The highest BCUT2D eigenvalue weighted by atomic mass is 19.3. The molecular formula is C13H19F2NO. The van der Waals surface area contributed by atoms with Gasteiger partial charge in [0.15, 0.2) is 0 Å². The van der Waals surface area contributed by atoms with Crippen molar-refractivity contribution in [2.45, 2.75) is 39.3 Å². The van der Waals surface area contributed by atoms with E-state index in [1.807, 2.05) is 19.1 Å². The predicted octanol–water partition coefficient (Wildman–Crippen LogP) is 3.74. The van der Waals surface area contributed by atoms with E-state index in [2.05, 4.69) is 17.0 Å². The molecule has 0 fully saturated rings. The van der Waals surface area contributed by atoms with E-state index in [0.29, 0.717) is 0 Å². The van der Waals surface area contributed by atoms with E-state index in [1.54, 1.807) is 12.1 Å². The highest BCUT2D eigenvalue weighted by Gasteiger charge is 2.15. The molecule has 2 nitrogen and oxygen atoms in total. The van der Waals surface area contributed by atoms with Gasteiger partial charge in [0.25, 0.3) is 0 Å². The number of hydrogen-bond acceptors (Lipinski definition) is 2. The van der Waals surface area contributed by atoms with Crippen molar-refractivity contribution in [2.24, 2.45) is 0 Å². The quantitative estimate of drug-likeness (QED) is 0.787. The monoisotopic (exact) mass is 243 g/mol. The molecule has 1 aromatic carbocycles. The molecule has 0 aliphatic heterocycles. The fourth-order valence-electron chi connectivity index (χ4n) is 1.76. The zero-order valence-corrected chi connectivity index (χ0v) is 10.2. The van der Waals surface area contributed by atoms with Gasteiger partial charge < -0.3 is 10.1 Å². The number of ether oxygens (including phenoxy) is 1. The molecule has 4 heteroatoms. The van der Waals surface area contributed by atoms with Crippen molar-refractivity contribution in [3.8, 4) is 5.75 Å². The molecule has 0 heterocycles. The number of halogens is 2. The molecule has 0 radical (unpaired) electrons. The predicted molar refractivity (Wildman–Crippen MR) is 64.4 cm³/mol. The van der Waals surface area contributed by atoms with Crippen molar-refractivity contribution in [3.63, 3.8) is 0 Å². The third kappa shape index (κ3) is 4.30. The molecule has 0 saturated heterocycles. The van der Waals surface area contributed by atoms with Gasteiger partial charge in [-0.15, -0.1) is 0 Å². The van der Waals surface area contributed by atoms with Gasteiger partial charge in [-0.05, 0) is 25.5 Å². The van der Waals surface area contributed by atoms with E-state index in [1.165, 1.54) is 0 Å². The molecular weight excluding hydrogens is 224 g/mol. The van der Waals surface area contributed by atoms with E-state index in [4.69, 9.17) is 0 Å². The lowest BCUT2D eigenvalue weighted by molar-refractivity contribution is -0.0507. The molecule has 0 saturated carbocycles. The SMILES string of the molecule is CCCNC(CC)c1ccccc1OC(F)F. The second kappa shape index (κ2) is 7.22. The topological polar surface area (TPSA) is 21.3 Å².